The molecule has 0 spiro atoms. The summed E-state index contributed by atoms with van der Waals surface area (Å²) < 4.78 is 1.16. The molecule has 1 saturated heterocycles. The molecule has 1 saturated carbocycles. The predicted molar refractivity (Wildman–Crippen MR) is 94.9 cm³/mol. The van der Waals surface area contributed by atoms with E-state index in [2.05, 4.69) is 15.2 Å². The number of carbonyl (C=O) groups excluding carboxylic acids is 1. The third kappa shape index (κ3) is 2.76. The lowest BCUT2D eigenvalue weighted by Gasteiger charge is -2.43. The highest BCUT2D eigenvalue weighted by molar-refractivity contribution is 7.16. The smallest absolute Gasteiger partial charge is 0.244 e. The van der Waals surface area contributed by atoms with Gasteiger partial charge in [-0.1, -0.05) is 19.3 Å². The van der Waals surface area contributed by atoms with Crippen LogP contribution < -0.4 is 5.32 Å². The standard InChI is InChI=1S/C18H23N3OS/c22-17(20-14-6-7-16-15(12-14)19-13-23-16)18(8-2-1-3-9-18)21-10-4-5-11-21/h6-7,12-13H,1-5,8-11H2,(H,20,22). The van der Waals surface area contributed by atoms with E-state index in [1.807, 2.05) is 23.7 Å². The summed E-state index contributed by atoms with van der Waals surface area (Å²) in [5.74, 6) is 0.189. The molecule has 2 fully saturated rings. The van der Waals surface area contributed by atoms with E-state index in [0.29, 0.717) is 0 Å². The lowest BCUT2D eigenvalue weighted by atomic mass is 9.79. The van der Waals surface area contributed by atoms with E-state index in [1.54, 1.807) is 11.3 Å². The molecule has 0 bridgehead atoms. The molecule has 2 aromatic rings. The Kier molecular flexibility index (Phi) is 4.07. The number of nitrogens with one attached hydrogen (secondary N) is 1. The van der Waals surface area contributed by atoms with Crippen LogP contribution in [0.15, 0.2) is 23.7 Å². The molecule has 23 heavy (non-hydrogen) atoms. The van der Waals surface area contributed by atoms with Crippen molar-refractivity contribution in [3.63, 3.8) is 0 Å². The van der Waals surface area contributed by atoms with E-state index in [9.17, 15) is 4.79 Å². The zero-order chi connectivity index (χ0) is 15.7. The number of amides is 1. The molecule has 0 radical (unpaired) electrons. The van der Waals surface area contributed by atoms with Gasteiger partial charge in [-0.05, 0) is 57.0 Å². The normalized spacial score (nSPS) is 21.6. The maximum absolute atomic E-state index is 13.2. The second kappa shape index (κ2) is 6.21. The summed E-state index contributed by atoms with van der Waals surface area (Å²) in [5, 5.41) is 3.20. The minimum atomic E-state index is -0.286. The van der Waals surface area contributed by atoms with Gasteiger partial charge in [0, 0.05) is 5.69 Å². The van der Waals surface area contributed by atoms with Gasteiger partial charge in [0.25, 0.3) is 0 Å². The highest BCUT2D eigenvalue weighted by Crippen LogP contribution is 2.37. The van der Waals surface area contributed by atoms with Gasteiger partial charge in [0.15, 0.2) is 0 Å². The molecule has 1 aliphatic carbocycles. The summed E-state index contributed by atoms with van der Waals surface area (Å²) in [7, 11) is 0. The van der Waals surface area contributed by atoms with Crippen LogP contribution in [-0.4, -0.2) is 34.4 Å². The highest BCUT2D eigenvalue weighted by atomic mass is 32.1. The molecule has 2 aliphatic rings. The topological polar surface area (TPSA) is 45.2 Å². The maximum atomic E-state index is 13.2. The number of anilines is 1. The van der Waals surface area contributed by atoms with Crippen molar-refractivity contribution in [3.05, 3.63) is 23.7 Å². The van der Waals surface area contributed by atoms with Crippen molar-refractivity contribution in [2.45, 2.75) is 50.5 Å². The summed E-state index contributed by atoms with van der Waals surface area (Å²) in [6.45, 7) is 2.14. The molecule has 122 valence electrons. The second-order valence-electron chi connectivity index (χ2n) is 6.78. The van der Waals surface area contributed by atoms with Gasteiger partial charge in [-0.25, -0.2) is 4.98 Å². The average Bonchev–Trinajstić information content (AvgIpc) is 3.27. The number of thiazole rings is 1. The molecule has 0 atom stereocenters. The van der Waals surface area contributed by atoms with Crippen LogP contribution in [0, 0.1) is 0 Å². The summed E-state index contributed by atoms with van der Waals surface area (Å²) >= 11 is 1.63. The zero-order valence-corrected chi connectivity index (χ0v) is 14.2. The van der Waals surface area contributed by atoms with Gasteiger partial charge in [0.05, 0.1) is 15.7 Å². The number of likely N-dealkylation sites (tertiary alicyclic amines) is 1. The Balaban J connectivity index is 1.59. The summed E-state index contributed by atoms with van der Waals surface area (Å²) in [6, 6.07) is 6.04. The molecule has 4 rings (SSSR count). The molecular formula is C18H23N3OS. The molecule has 1 aromatic carbocycles. The second-order valence-corrected chi connectivity index (χ2v) is 7.66. The van der Waals surface area contributed by atoms with E-state index in [1.165, 1.54) is 19.3 Å². The molecule has 1 aromatic heterocycles. The van der Waals surface area contributed by atoms with Crippen molar-refractivity contribution in [3.8, 4) is 0 Å². The molecule has 4 nitrogen and oxygen atoms in total. The third-order valence-corrected chi connectivity index (χ3v) is 6.21. The van der Waals surface area contributed by atoms with Gasteiger partial charge in [-0.15, -0.1) is 11.3 Å². The van der Waals surface area contributed by atoms with Crippen molar-refractivity contribution in [2.24, 2.45) is 0 Å². The quantitative estimate of drug-likeness (QED) is 0.924. The fourth-order valence-electron chi connectivity index (χ4n) is 4.15. The monoisotopic (exact) mass is 329 g/mol. The Bertz CT molecular complexity index is 699. The number of rotatable bonds is 3. The van der Waals surface area contributed by atoms with Crippen molar-refractivity contribution < 1.29 is 4.79 Å². The molecule has 2 heterocycles. The number of hydrogen-bond donors (Lipinski definition) is 1. The first-order chi connectivity index (χ1) is 11.3. The first-order valence-electron chi connectivity index (χ1n) is 8.68. The zero-order valence-electron chi connectivity index (χ0n) is 13.4. The van der Waals surface area contributed by atoms with E-state index in [-0.39, 0.29) is 11.4 Å². The van der Waals surface area contributed by atoms with Crippen molar-refractivity contribution in [2.75, 3.05) is 18.4 Å². The van der Waals surface area contributed by atoms with Crippen LogP contribution in [0.2, 0.25) is 0 Å². The van der Waals surface area contributed by atoms with E-state index < -0.39 is 0 Å². The lowest BCUT2D eigenvalue weighted by molar-refractivity contribution is -0.129. The molecule has 1 N–H and O–H groups in total. The SMILES string of the molecule is O=C(Nc1ccc2scnc2c1)C1(N2CCCC2)CCCCC1. The number of carbonyl (C=O) groups is 1. The van der Waals surface area contributed by atoms with Crippen LogP contribution in [-0.2, 0) is 4.79 Å². The van der Waals surface area contributed by atoms with Crippen LogP contribution in [0.5, 0.6) is 0 Å². The first kappa shape index (κ1) is 15.1. The van der Waals surface area contributed by atoms with Gasteiger partial charge < -0.3 is 5.32 Å². The average molecular weight is 329 g/mol. The summed E-state index contributed by atoms with van der Waals surface area (Å²) in [6.07, 6.45) is 8.02. The molecular weight excluding hydrogens is 306 g/mol. The van der Waals surface area contributed by atoms with Crippen LogP contribution in [0.4, 0.5) is 5.69 Å². The molecule has 1 aliphatic heterocycles. The van der Waals surface area contributed by atoms with Gasteiger partial charge in [0.2, 0.25) is 5.91 Å². The predicted octanol–water partition coefficient (Wildman–Crippen LogP) is 4.03. The Morgan fingerprint density at radius 3 is 2.70 bits per heavy atom. The number of aromatic nitrogens is 1. The summed E-state index contributed by atoms with van der Waals surface area (Å²) in [5.41, 5.74) is 3.40. The maximum Gasteiger partial charge on any atom is 0.244 e. The number of benzene rings is 1. The largest absolute Gasteiger partial charge is 0.324 e. The van der Waals surface area contributed by atoms with E-state index >= 15 is 0 Å². The lowest BCUT2D eigenvalue weighted by Crippen LogP contribution is -2.56. The Hall–Kier alpha value is -1.46. The Morgan fingerprint density at radius 2 is 1.91 bits per heavy atom. The van der Waals surface area contributed by atoms with Crippen molar-refractivity contribution >= 4 is 33.1 Å². The van der Waals surface area contributed by atoms with Crippen molar-refractivity contribution in [1.82, 2.24) is 9.88 Å². The van der Waals surface area contributed by atoms with Crippen LogP contribution in [0.1, 0.15) is 44.9 Å². The van der Waals surface area contributed by atoms with Crippen LogP contribution >= 0.6 is 11.3 Å². The third-order valence-electron chi connectivity index (χ3n) is 5.40. The molecule has 0 unspecified atom stereocenters. The molecule has 5 heteroatoms. The Labute approximate surface area is 140 Å². The van der Waals surface area contributed by atoms with Gasteiger partial charge >= 0.3 is 0 Å². The molecule has 1 amide bonds. The number of nitrogens with zero attached hydrogens (tertiary/aromatic N) is 2. The fraction of sp³-hybridized carbons (Fsp3) is 0.556. The minimum Gasteiger partial charge on any atom is -0.324 e. The van der Waals surface area contributed by atoms with Crippen molar-refractivity contribution in [1.29, 1.82) is 0 Å². The van der Waals surface area contributed by atoms with Crippen LogP contribution in [0.3, 0.4) is 0 Å². The minimum absolute atomic E-state index is 0.189. The van der Waals surface area contributed by atoms with E-state index in [0.717, 1.165) is 54.7 Å². The highest BCUT2D eigenvalue weighted by Gasteiger charge is 2.45. The van der Waals surface area contributed by atoms with Gasteiger partial charge in [-0.2, -0.15) is 0 Å². The van der Waals surface area contributed by atoms with E-state index in [4.69, 9.17) is 0 Å². The Morgan fingerprint density at radius 1 is 1.13 bits per heavy atom. The van der Waals surface area contributed by atoms with Gasteiger partial charge in [0.1, 0.15) is 5.54 Å². The fourth-order valence-corrected chi connectivity index (χ4v) is 4.81. The number of fused-ring (bicyclic) bond motifs is 1. The summed E-state index contributed by atoms with van der Waals surface area (Å²) in [4.78, 5) is 20.0. The number of hydrogen-bond acceptors (Lipinski definition) is 4. The van der Waals surface area contributed by atoms with Gasteiger partial charge in [-0.3, -0.25) is 9.69 Å². The van der Waals surface area contributed by atoms with Crippen LogP contribution in [0.25, 0.3) is 10.2 Å². The first-order valence-corrected chi connectivity index (χ1v) is 9.56.